The van der Waals surface area contributed by atoms with Gasteiger partial charge in [-0.1, -0.05) is 0 Å². The second-order valence-corrected chi connectivity index (χ2v) is 4.83. The zero-order valence-corrected chi connectivity index (χ0v) is 11.9. The number of nitrogens with one attached hydrogen (secondary N) is 1. The predicted molar refractivity (Wildman–Crippen MR) is 73.3 cm³/mol. The molecular formula is C12H24N2O2S. The maximum atomic E-state index is 5.68. The fourth-order valence-electron chi connectivity index (χ4n) is 1.97. The first-order chi connectivity index (χ1) is 8.13. The van der Waals surface area contributed by atoms with Crippen LogP contribution >= 0.6 is 12.2 Å². The Hall–Kier alpha value is -0.390. The molecule has 1 N–H and O–H groups in total. The lowest BCUT2D eigenvalue weighted by Crippen LogP contribution is -2.51. The fourth-order valence-corrected chi connectivity index (χ4v) is 2.22. The van der Waals surface area contributed by atoms with E-state index in [-0.39, 0.29) is 12.2 Å². The van der Waals surface area contributed by atoms with Crippen LogP contribution in [0.4, 0.5) is 0 Å². The number of hydrogen-bond donors (Lipinski definition) is 1. The number of nitrogens with zero attached hydrogens (tertiary/aromatic N) is 1. The van der Waals surface area contributed by atoms with Gasteiger partial charge in [0.15, 0.2) is 5.11 Å². The molecule has 1 aliphatic heterocycles. The van der Waals surface area contributed by atoms with Crippen molar-refractivity contribution < 1.29 is 9.47 Å². The van der Waals surface area contributed by atoms with E-state index in [4.69, 9.17) is 21.7 Å². The van der Waals surface area contributed by atoms with E-state index in [0.29, 0.717) is 0 Å². The summed E-state index contributed by atoms with van der Waals surface area (Å²) in [6.07, 6.45) is 1.49. The van der Waals surface area contributed by atoms with Gasteiger partial charge in [0.25, 0.3) is 0 Å². The van der Waals surface area contributed by atoms with Gasteiger partial charge in [0.1, 0.15) is 0 Å². The highest BCUT2D eigenvalue weighted by Crippen LogP contribution is 2.10. The second-order valence-electron chi connectivity index (χ2n) is 4.44. The highest BCUT2D eigenvalue weighted by molar-refractivity contribution is 7.80. The Bertz CT molecular complexity index is 229. The lowest BCUT2D eigenvalue weighted by molar-refractivity contribution is -0.0482. The maximum absolute atomic E-state index is 5.68. The predicted octanol–water partition coefficient (Wildman–Crippen LogP) is 1.40. The molecule has 0 bridgehead atoms. The SMILES string of the molecule is CCOCCCNC(=S)N1C[C@@H](C)O[C@@H](C)C1. The summed E-state index contributed by atoms with van der Waals surface area (Å²) in [5.74, 6) is 0. The highest BCUT2D eigenvalue weighted by Gasteiger charge is 2.23. The van der Waals surface area contributed by atoms with E-state index >= 15 is 0 Å². The van der Waals surface area contributed by atoms with E-state index in [0.717, 1.165) is 44.4 Å². The minimum absolute atomic E-state index is 0.252. The first kappa shape index (κ1) is 14.7. The Morgan fingerprint density at radius 3 is 2.65 bits per heavy atom. The Labute approximate surface area is 110 Å². The van der Waals surface area contributed by atoms with Gasteiger partial charge < -0.3 is 19.7 Å². The monoisotopic (exact) mass is 260 g/mol. The van der Waals surface area contributed by atoms with Crippen molar-refractivity contribution in [1.82, 2.24) is 10.2 Å². The summed E-state index contributed by atoms with van der Waals surface area (Å²) in [5, 5.41) is 4.11. The van der Waals surface area contributed by atoms with Gasteiger partial charge in [-0.2, -0.15) is 0 Å². The van der Waals surface area contributed by atoms with Gasteiger partial charge in [-0.25, -0.2) is 0 Å². The van der Waals surface area contributed by atoms with Gasteiger partial charge in [0.05, 0.1) is 12.2 Å². The van der Waals surface area contributed by atoms with Gasteiger partial charge >= 0.3 is 0 Å². The molecule has 1 fully saturated rings. The number of thiocarbonyl (C=S) groups is 1. The zero-order valence-electron chi connectivity index (χ0n) is 11.1. The quantitative estimate of drug-likeness (QED) is 0.597. The summed E-state index contributed by atoms with van der Waals surface area (Å²) >= 11 is 5.38. The van der Waals surface area contributed by atoms with Crippen LogP contribution in [-0.4, -0.2) is 55.1 Å². The largest absolute Gasteiger partial charge is 0.382 e. The molecule has 0 saturated carbocycles. The molecule has 0 aliphatic carbocycles. The lowest BCUT2D eigenvalue weighted by atomic mass is 10.2. The van der Waals surface area contributed by atoms with Crippen molar-refractivity contribution in [2.45, 2.75) is 39.4 Å². The third-order valence-corrected chi connectivity index (χ3v) is 3.06. The molecular weight excluding hydrogens is 236 g/mol. The number of hydrogen-bond acceptors (Lipinski definition) is 3. The summed E-state index contributed by atoms with van der Waals surface area (Å²) < 4.78 is 11.0. The normalized spacial score (nSPS) is 24.8. The van der Waals surface area contributed by atoms with E-state index in [2.05, 4.69) is 24.1 Å². The van der Waals surface area contributed by atoms with Crippen LogP contribution in [-0.2, 0) is 9.47 Å². The standard InChI is InChI=1S/C12H24N2O2S/c1-4-15-7-5-6-13-12(17)14-8-10(2)16-11(3)9-14/h10-11H,4-9H2,1-3H3,(H,13,17)/t10-,11+. The average molecular weight is 260 g/mol. The Kier molecular flexibility index (Phi) is 6.77. The van der Waals surface area contributed by atoms with Crippen molar-refractivity contribution in [3.8, 4) is 0 Å². The van der Waals surface area contributed by atoms with Crippen LogP contribution in [0.25, 0.3) is 0 Å². The second kappa shape index (κ2) is 7.84. The van der Waals surface area contributed by atoms with E-state index < -0.39 is 0 Å². The van der Waals surface area contributed by atoms with Crippen molar-refractivity contribution in [3.05, 3.63) is 0 Å². The molecule has 0 aromatic rings. The topological polar surface area (TPSA) is 33.7 Å². The molecule has 5 heteroatoms. The number of ether oxygens (including phenoxy) is 2. The van der Waals surface area contributed by atoms with Crippen LogP contribution in [0.1, 0.15) is 27.2 Å². The molecule has 0 amide bonds. The van der Waals surface area contributed by atoms with Crippen LogP contribution in [0.15, 0.2) is 0 Å². The molecule has 0 aromatic heterocycles. The molecule has 1 rings (SSSR count). The van der Waals surface area contributed by atoms with Gasteiger partial charge in [0, 0.05) is 32.8 Å². The molecule has 0 unspecified atom stereocenters. The van der Waals surface area contributed by atoms with Gasteiger partial charge in [-0.15, -0.1) is 0 Å². The molecule has 1 aliphatic rings. The van der Waals surface area contributed by atoms with Gasteiger partial charge in [0.2, 0.25) is 0 Å². The molecule has 2 atom stereocenters. The minimum Gasteiger partial charge on any atom is -0.382 e. The Morgan fingerprint density at radius 2 is 2.06 bits per heavy atom. The van der Waals surface area contributed by atoms with Crippen molar-refractivity contribution >= 4 is 17.3 Å². The molecule has 1 saturated heterocycles. The van der Waals surface area contributed by atoms with Gasteiger partial charge in [-0.3, -0.25) is 0 Å². The van der Waals surface area contributed by atoms with E-state index in [1.807, 2.05) is 6.92 Å². The smallest absolute Gasteiger partial charge is 0.169 e. The van der Waals surface area contributed by atoms with Crippen LogP contribution in [0.5, 0.6) is 0 Å². The number of rotatable bonds is 5. The fraction of sp³-hybridized carbons (Fsp3) is 0.917. The molecule has 0 aromatic carbocycles. The first-order valence-electron chi connectivity index (χ1n) is 6.39. The van der Waals surface area contributed by atoms with Gasteiger partial charge in [-0.05, 0) is 39.4 Å². The summed E-state index contributed by atoms with van der Waals surface area (Å²) in [5.41, 5.74) is 0. The van der Waals surface area contributed by atoms with Crippen LogP contribution in [0.3, 0.4) is 0 Å². The zero-order chi connectivity index (χ0) is 12.7. The summed E-state index contributed by atoms with van der Waals surface area (Å²) in [6, 6.07) is 0. The number of morpholine rings is 1. The first-order valence-corrected chi connectivity index (χ1v) is 6.80. The highest BCUT2D eigenvalue weighted by atomic mass is 32.1. The summed E-state index contributed by atoms with van der Waals surface area (Å²) in [7, 11) is 0. The molecule has 4 nitrogen and oxygen atoms in total. The van der Waals surface area contributed by atoms with Crippen LogP contribution in [0, 0.1) is 0 Å². The average Bonchev–Trinajstić information content (AvgIpc) is 2.27. The Balaban J connectivity index is 2.18. The molecule has 0 radical (unpaired) electrons. The van der Waals surface area contributed by atoms with E-state index in [9.17, 15) is 0 Å². The minimum atomic E-state index is 0.252. The Morgan fingerprint density at radius 1 is 1.41 bits per heavy atom. The molecule has 1 heterocycles. The van der Waals surface area contributed by atoms with Crippen molar-refractivity contribution in [1.29, 1.82) is 0 Å². The third-order valence-electron chi connectivity index (χ3n) is 2.65. The van der Waals surface area contributed by atoms with Crippen molar-refractivity contribution in [2.24, 2.45) is 0 Å². The van der Waals surface area contributed by atoms with Crippen molar-refractivity contribution in [3.63, 3.8) is 0 Å². The summed E-state index contributed by atoms with van der Waals surface area (Å²) in [6.45, 7) is 10.4. The third kappa shape index (κ3) is 5.66. The van der Waals surface area contributed by atoms with Crippen molar-refractivity contribution in [2.75, 3.05) is 32.8 Å². The molecule has 17 heavy (non-hydrogen) atoms. The van der Waals surface area contributed by atoms with E-state index in [1.165, 1.54) is 0 Å². The summed E-state index contributed by atoms with van der Waals surface area (Å²) in [4.78, 5) is 2.19. The van der Waals surface area contributed by atoms with E-state index in [1.54, 1.807) is 0 Å². The molecule has 100 valence electrons. The maximum Gasteiger partial charge on any atom is 0.169 e. The molecule has 0 spiro atoms. The van der Waals surface area contributed by atoms with Crippen LogP contribution < -0.4 is 5.32 Å². The lowest BCUT2D eigenvalue weighted by Gasteiger charge is -2.36. The van der Waals surface area contributed by atoms with Crippen LogP contribution in [0.2, 0.25) is 0 Å².